The molecule has 14 heavy (non-hydrogen) atoms. The van der Waals surface area contributed by atoms with Crippen LogP contribution in [-0.2, 0) is 53.9 Å². The van der Waals surface area contributed by atoms with Gasteiger partial charge in [-0.05, 0) is 0 Å². The van der Waals surface area contributed by atoms with E-state index in [0.29, 0.717) is 0 Å². The molecule has 0 aromatic heterocycles. The Morgan fingerprint density at radius 2 is 1.93 bits per heavy atom. The summed E-state index contributed by atoms with van der Waals surface area (Å²) in [6, 6.07) is 0. The van der Waals surface area contributed by atoms with Crippen molar-refractivity contribution in [2.24, 2.45) is 0 Å². The van der Waals surface area contributed by atoms with E-state index >= 15 is 0 Å². The first-order chi connectivity index (χ1) is 5.66. The van der Waals surface area contributed by atoms with Gasteiger partial charge < -0.3 is 14.6 Å². The minimum absolute atomic E-state index is 0. The van der Waals surface area contributed by atoms with E-state index < -0.39 is 5.97 Å². The Hall–Kier alpha value is 1.01. The molecule has 1 fully saturated rings. The number of alkyl halides is 1. The predicted molar refractivity (Wildman–Crippen MR) is 46.0 cm³/mol. The maximum Gasteiger partial charge on any atom is 2.00 e. The molecule has 0 unspecified atom stereocenters. The summed E-state index contributed by atoms with van der Waals surface area (Å²) >= 11 is 3.22. The van der Waals surface area contributed by atoms with Crippen molar-refractivity contribution >= 4 is 21.9 Å². The Kier molecular flexibility index (Phi) is 20.4. The molecule has 1 radical (unpaired) electrons. The first-order valence-electron chi connectivity index (χ1n) is 3.22. The molecule has 0 bridgehead atoms. The Balaban J connectivity index is -0.000000180. The van der Waals surface area contributed by atoms with Crippen molar-refractivity contribution in [3.63, 3.8) is 0 Å². The molecule has 0 saturated carbocycles. The molecule has 1 aliphatic heterocycles. The summed E-state index contributed by atoms with van der Waals surface area (Å²) in [5, 5.41) is 8.03. The molecule has 1 saturated heterocycles. The molecule has 0 aromatic carbocycles. The molecule has 1 heterocycles. The number of carboxylic acids is 1. The van der Waals surface area contributed by atoms with Crippen molar-refractivity contribution in [1.82, 2.24) is 0 Å². The third kappa shape index (κ3) is 15.5. The first kappa shape index (κ1) is 20.4. The zero-order valence-corrected chi connectivity index (χ0v) is 13.2. The largest absolute Gasteiger partial charge is 2.00 e. The number of ether oxygens (including phenoxy) is 2. The van der Waals surface area contributed by atoms with Crippen molar-refractivity contribution in [1.29, 1.82) is 0 Å². The Labute approximate surface area is 118 Å². The van der Waals surface area contributed by atoms with Crippen molar-refractivity contribution < 1.29 is 59.0 Å². The number of aliphatic carboxylic acids is 1. The van der Waals surface area contributed by atoms with Crippen LogP contribution in [0.5, 0.6) is 0 Å². The van der Waals surface area contributed by atoms with Gasteiger partial charge in [-0.15, -0.1) is 0 Å². The Bertz CT molecular complexity index is 129. The van der Waals surface area contributed by atoms with E-state index in [4.69, 9.17) is 19.4 Å². The molecular formula is C7H10BrO4VW-. The van der Waals surface area contributed by atoms with E-state index in [2.05, 4.69) is 22.9 Å². The fourth-order valence-corrected chi connectivity index (χ4v) is 0.775. The van der Waals surface area contributed by atoms with E-state index in [-0.39, 0.29) is 45.9 Å². The zero-order chi connectivity index (χ0) is 9.40. The van der Waals surface area contributed by atoms with E-state index in [1.165, 1.54) is 0 Å². The van der Waals surface area contributed by atoms with Crippen molar-refractivity contribution in [3.8, 4) is 0 Å². The van der Waals surface area contributed by atoms with Crippen LogP contribution in [-0.4, -0.2) is 22.7 Å². The topological polar surface area (TPSA) is 55.8 Å². The van der Waals surface area contributed by atoms with Crippen LogP contribution in [0.25, 0.3) is 0 Å². The van der Waals surface area contributed by atoms with Gasteiger partial charge in [0.05, 0.1) is 0 Å². The van der Waals surface area contributed by atoms with Crippen LogP contribution in [0.1, 0.15) is 6.42 Å². The standard InChI is InChI=1S/C5H7BrO2.C2H3O2.V.W/c6-4-5-7-2-1-3-8-5;1-2(3)4;;/h2-3,5H,1,4H2;1H2,(H,3,4);;/q-2;-1;;+2. The summed E-state index contributed by atoms with van der Waals surface area (Å²) in [5.41, 5.74) is 0. The minimum atomic E-state index is -1.08. The maximum atomic E-state index is 8.89. The second-order valence-electron chi connectivity index (χ2n) is 1.82. The number of rotatable bonds is 1. The van der Waals surface area contributed by atoms with Gasteiger partial charge >= 0.3 is 21.1 Å². The summed E-state index contributed by atoms with van der Waals surface area (Å²) < 4.78 is 10.0. The molecule has 7 heteroatoms. The average Bonchev–Trinajstić information content (AvgIpc) is 2.05. The number of carboxylic acid groups (broad SMARTS) is 1. The van der Waals surface area contributed by atoms with Crippen molar-refractivity contribution in [2.45, 2.75) is 12.7 Å². The minimum Gasteiger partial charge on any atom is -0.533 e. The predicted octanol–water partition coefficient (Wildman–Crippen LogP) is 1.37. The number of halogens is 1. The normalized spacial score (nSPS) is 15.2. The van der Waals surface area contributed by atoms with Crippen molar-refractivity contribution in [3.05, 3.63) is 20.1 Å². The molecule has 1 aliphatic rings. The Morgan fingerprint density at radius 3 is 2.14 bits per heavy atom. The van der Waals surface area contributed by atoms with Gasteiger partial charge in [0, 0.05) is 23.9 Å². The SMILES string of the molecule is BrCC1O[CH-]C[CH-]O1.[CH2-]C(=O)O.[V].[W+2]. The zero-order valence-electron chi connectivity index (χ0n) is 7.26. The number of carbonyl (C=O) groups is 1. The quantitative estimate of drug-likeness (QED) is 0.463. The van der Waals surface area contributed by atoms with Gasteiger partial charge in [0.2, 0.25) is 0 Å². The smallest absolute Gasteiger partial charge is 0.533 e. The van der Waals surface area contributed by atoms with E-state index in [1.807, 2.05) is 0 Å². The summed E-state index contributed by atoms with van der Waals surface area (Å²) in [5.74, 6) is -1.08. The molecule has 0 amide bonds. The summed E-state index contributed by atoms with van der Waals surface area (Å²) in [6.07, 6.45) is 0.674. The summed E-state index contributed by atoms with van der Waals surface area (Å²) in [6.45, 7) is 6.02. The third-order valence-corrected chi connectivity index (χ3v) is 1.34. The molecule has 0 aromatic rings. The number of hydrogen-bond donors (Lipinski definition) is 1. The van der Waals surface area contributed by atoms with Crippen LogP contribution in [0.15, 0.2) is 0 Å². The van der Waals surface area contributed by atoms with Gasteiger partial charge in [0.25, 0.3) is 0 Å². The van der Waals surface area contributed by atoms with Gasteiger partial charge in [-0.1, -0.05) is 15.9 Å². The van der Waals surface area contributed by atoms with Crippen LogP contribution < -0.4 is 0 Å². The first-order valence-corrected chi connectivity index (χ1v) is 4.34. The summed E-state index contributed by atoms with van der Waals surface area (Å²) in [4.78, 5) is 8.89. The fraction of sp³-hybridized carbons (Fsp3) is 0.429. The number of hydrogen-bond acceptors (Lipinski definition) is 3. The monoisotopic (exact) mass is 472 g/mol. The molecule has 0 aliphatic carbocycles. The van der Waals surface area contributed by atoms with Gasteiger partial charge in [-0.2, -0.15) is 0 Å². The molecule has 81 valence electrons. The second-order valence-corrected chi connectivity index (χ2v) is 2.47. The van der Waals surface area contributed by atoms with Crippen LogP contribution in [0, 0.1) is 20.1 Å². The van der Waals surface area contributed by atoms with Crippen LogP contribution in [0.3, 0.4) is 0 Å². The third-order valence-electron chi connectivity index (χ3n) is 0.814. The van der Waals surface area contributed by atoms with E-state index in [9.17, 15) is 0 Å². The van der Waals surface area contributed by atoms with Gasteiger partial charge in [0.15, 0.2) is 5.97 Å². The molecule has 0 spiro atoms. The molecule has 0 atom stereocenters. The maximum absolute atomic E-state index is 8.89. The Morgan fingerprint density at radius 1 is 1.57 bits per heavy atom. The van der Waals surface area contributed by atoms with E-state index in [1.54, 1.807) is 13.2 Å². The van der Waals surface area contributed by atoms with E-state index in [0.717, 1.165) is 11.8 Å². The van der Waals surface area contributed by atoms with Crippen LogP contribution in [0.4, 0.5) is 0 Å². The van der Waals surface area contributed by atoms with Gasteiger partial charge in [0.1, 0.15) is 6.29 Å². The second kappa shape index (κ2) is 14.0. The van der Waals surface area contributed by atoms with Crippen molar-refractivity contribution in [2.75, 3.05) is 5.33 Å². The van der Waals surface area contributed by atoms with Gasteiger partial charge in [-0.25, -0.2) is 13.2 Å². The average molecular weight is 473 g/mol. The fourth-order valence-electron chi connectivity index (χ4n) is 0.470. The molecule has 1 N–H and O–H groups in total. The summed E-state index contributed by atoms with van der Waals surface area (Å²) in [7, 11) is 0. The van der Waals surface area contributed by atoms with Gasteiger partial charge in [-0.3, -0.25) is 18.1 Å². The molecular weight excluding hydrogens is 463 g/mol. The van der Waals surface area contributed by atoms with Crippen LogP contribution >= 0.6 is 15.9 Å². The molecule has 4 nitrogen and oxygen atoms in total. The molecule has 1 rings (SSSR count). The van der Waals surface area contributed by atoms with Crippen LogP contribution in [0.2, 0.25) is 0 Å².